The minimum atomic E-state index is -0.508. The summed E-state index contributed by atoms with van der Waals surface area (Å²) in [4.78, 5) is 26.5. The van der Waals surface area contributed by atoms with Crippen LogP contribution in [0.25, 0.3) is 10.9 Å². The van der Waals surface area contributed by atoms with Gasteiger partial charge in [-0.2, -0.15) is 0 Å². The number of benzene rings is 2. The fourth-order valence-electron chi connectivity index (χ4n) is 2.94. The first-order valence-corrected chi connectivity index (χ1v) is 8.91. The largest absolute Gasteiger partial charge is 0.453 e. The highest BCUT2D eigenvalue weighted by molar-refractivity contribution is 5.84. The second kappa shape index (κ2) is 8.89. The quantitative estimate of drug-likeness (QED) is 0.592. The summed E-state index contributed by atoms with van der Waals surface area (Å²) in [5.74, 6) is 0.0339. The van der Waals surface area contributed by atoms with Gasteiger partial charge >= 0.3 is 6.09 Å². The Labute approximate surface area is 157 Å². The summed E-state index contributed by atoms with van der Waals surface area (Å²) in [5, 5.41) is 6.74. The van der Waals surface area contributed by atoms with Gasteiger partial charge in [0.2, 0.25) is 5.91 Å². The number of aromatic nitrogens is 1. The molecular weight excluding hydrogens is 342 g/mol. The Balaban J connectivity index is 1.41. The van der Waals surface area contributed by atoms with Gasteiger partial charge in [-0.3, -0.25) is 10.1 Å². The molecule has 1 aromatic heterocycles. The van der Waals surface area contributed by atoms with Crippen molar-refractivity contribution < 1.29 is 14.3 Å². The van der Waals surface area contributed by atoms with Gasteiger partial charge in [0.1, 0.15) is 0 Å². The molecule has 0 bridgehead atoms. The average molecular weight is 365 g/mol. The van der Waals surface area contributed by atoms with E-state index in [1.54, 1.807) is 12.1 Å². The Morgan fingerprint density at radius 1 is 1.07 bits per heavy atom. The molecule has 0 saturated heterocycles. The van der Waals surface area contributed by atoms with E-state index >= 15 is 0 Å². The molecule has 0 saturated carbocycles. The maximum atomic E-state index is 12.1. The molecule has 0 atom stereocenters. The van der Waals surface area contributed by atoms with Crippen LogP contribution in [-0.4, -0.2) is 24.1 Å². The van der Waals surface area contributed by atoms with Crippen LogP contribution in [0.3, 0.4) is 0 Å². The van der Waals surface area contributed by atoms with E-state index in [-0.39, 0.29) is 5.91 Å². The number of aromatic amines is 1. The monoisotopic (exact) mass is 365 g/mol. The van der Waals surface area contributed by atoms with Crippen molar-refractivity contribution in [3.63, 3.8) is 0 Å². The molecule has 6 heteroatoms. The lowest BCUT2D eigenvalue weighted by Gasteiger charge is -2.07. The highest BCUT2D eigenvalue weighted by Gasteiger charge is 2.06. The number of rotatable bonds is 7. The predicted octanol–water partition coefficient (Wildman–Crippen LogP) is 3.99. The maximum absolute atomic E-state index is 12.1. The van der Waals surface area contributed by atoms with Crippen molar-refractivity contribution in [3.8, 4) is 0 Å². The number of ether oxygens (including phenoxy) is 1. The minimum absolute atomic E-state index is 0.0339. The standard InChI is InChI=1S/C21H23N3O3/c1-27-21(26)24-17-11-9-15(10-12-17)13-23-20(25)8-4-5-16-14-22-19-7-3-2-6-18(16)19/h2-3,6-7,9-12,14,22H,4-5,8,13H2,1H3,(H,23,25)(H,24,26). The second-order valence-electron chi connectivity index (χ2n) is 6.30. The van der Waals surface area contributed by atoms with Crippen LogP contribution in [0.1, 0.15) is 24.0 Å². The van der Waals surface area contributed by atoms with Crippen LogP contribution in [0.5, 0.6) is 0 Å². The molecule has 0 aliphatic carbocycles. The minimum Gasteiger partial charge on any atom is -0.453 e. The lowest BCUT2D eigenvalue weighted by Crippen LogP contribution is -2.22. The highest BCUT2D eigenvalue weighted by Crippen LogP contribution is 2.19. The van der Waals surface area contributed by atoms with Crippen molar-refractivity contribution >= 4 is 28.6 Å². The number of nitrogens with one attached hydrogen (secondary N) is 3. The first-order chi connectivity index (χ1) is 13.2. The van der Waals surface area contributed by atoms with Crippen molar-refractivity contribution in [2.75, 3.05) is 12.4 Å². The van der Waals surface area contributed by atoms with Gasteiger partial charge < -0.3 is 15.0 Å². The molecule has 3 rings (SSSR count). The molecule has 6 nitrogen and oxygen atoms in total. The summed E-state index contributed by atoms with van der Waals surface area (Å²) >= 11 is 0. The van der Waals surface area contributed by atoms with Gasteiger partial charge in [-0.15, -0.1) is 0 Å². The molecule has 0 aliphatic heterocycles. The summed E-state index contributed by atoms with van der Waals surface area (Å²) in [5.41, 5.74) is 3.99. The topological polar surface area (TPSA) is 83.2 Å². The number of anilines is 1. The van der Waals surface area contributed by atoms with Gasteiger partial charge in [-0.25, -0.2) is 4.79 Å². The third-order valence-corrected chi connectivity index (χ3v) is 4.40. The summed E-state index contributed by atoms with van der Waals surface area (Å²) in [6.07, 6.45) is 3.67. The molecule has 0 unspecified atom stereocenters. The normalized spacial score (nSPS) is 10.6. The third kappa shape index (κ3) is 5.10. The van der Waals surface area contributed by atoms with E-state index in [1.165, 1.54) is 18.1 Å². The molecule has 2 amide bonds. The van der Waals surface area contributed by atoms with E-state index in [1.807, 2.05) is 30.5 Å². The van der Waals surface area contributed by atoms with Gasteiger partial charge in [-0.1, -0.05) is 30.3 Å². The number of H-pyrrole nitrogens is 1. The zero-order valence-corrected chi connectivity index (χ0v) is 15.2. The number of carbonyl (C=O) groups is 2. The molecule has 27 heavy (non-hydrogen) atoms. The highest BCUT2D eigenvalue weighted by atomic mass is 16.5. The van der Waals surface area contributed by atoms with Crippen molar-refractivity contribution in [1.29, 1.82) is 0 Å². The first-order valence-electron chi connectivity index (χ1n) is 8.91. The zero-order chi connectivity index (χ0) is 19.1. The Morgan fingerprint density at radius 2 is 1.85 bits per heavy atom. The summed E-state index contributed by atoms with van der Waals surface area (Å²) in [7, 11) is 1.32. The van der Waals surface area contributed by atoms with Crippen molar-refractivity contribution in [2.45, 2.75) is 25.8 Å². The van der Waals surface area contributed by atoms with E-state index in [4.69, 9.17) is 0 Å². The molecule has 0 radical (unpaired) electrons. The van der Waals surface area contributed by atoms with E-state index in [0.29, 0.717) is 18.7 Å². The van der Waals surface area contributed by atoms with Gasteiger partial charge in [0.15, 0.2) is 0 Å². The van der Waals surface area contributed by atoms with Gasteiger partial charge in [0, 0.05) is 35.8 Å². The lowest BCUT2D eigenvalue weighted by molar-refractivity contribution is -0.121. The van der Waals surface area contributed by atoms with Crippen LogP contribution in [0, 0.1) is 0 Å². The molecular formula is C21H23N3O3. The zero-order valence-electron chi connectivity index (χ0n) is 15.2. The number of methoxy groups -OCH3 is 1. The van der Waals surface area contributed by atoms with E-state index in [9.17, 15) is 9.59 Å². The van der Waals surface area contributed by atoms with Crippen LogP contribution < -0.4 is 10.6 Å². The Bertz CT molecular complexity index is 916. The maximum Gasteiger partial charge on any atom is 0.411 e. The fraction of sp³-hybridized carbons (Fsp3) is 0.238. The predicted molar refractivity (Wildman–Crippen MR) is 106 cm³/mol. The fourth-order valence-corrected chi connectivity index (χ4v) is 2.94. The SMILES string of the molecule is COC(=O)Nc1ccc(CNC(=O)CCCc2c[nH]c3ccccc23)cc1. The number of para-hydroxylation sites is 1. The molecule has 3 aromatic rings. The van der Waals surface area contributed by atoms with Crippen molar-refractivity contribution in [1.82, 2.24) is 10.3 Å². The number of hydrogen-bond acceptors (Lipinski definition) is 3. The molecule has 1 heterocycles. The van der Waals surface area contributed by atoms with Crippen molar-refractivity contribution in [2.24, 2.45) is 0 Å². The van der Waals surface area contributed by atoms with Gasteiger partial charge in [0.25, 0.3) is 0 Å². The molecule has 2 aromatic carbocycles. The Morgan fingerprint density at radius 3 is 2.63 bits per heavy atom. The number of carbonyl (C=O) groups excluding carboxylic acids is 2. The molecule has 140 valence electrons. The van der Waals surface area contributed by atoms with Crippen LogP contribution in [0.4, 0.5) is 10.5 Å². The van der Waals surface area contributed by atoms with E-state index in [0.717, 1.165) is 23.9 Å². The Kier molecular flexibility index (Phi) is 6.10. The van der Waals surface area contributed by atoms with E-state index < -0.39 is 6.09 Å². The number of amides is 2. The molecule has 0 aliphatic rings. The number of fused-ring (bicyclic) bond motifs is 1. The van der Waals surface area contributed by atoms with E-state index in [2.05, 4.69) is 32.5 Å². The number of aryl methyl sites for hydroxylation is 1. The molecule has 0 fully saturated rings. The van der Waals surface area contributed by atoms with Gasteiger partial charge in [0.05, 0.1) is 7.11 Å². The Hall–Kier alpha value is -3.28. The summed E-state index contributed by atoms with van der Waals surface area (Å²) in [6.45, 7) is 0.463. The van der Waals surface area contributed by atoms with Crippen LogP contribution in [-0.2, 0) is 22.5 Å². The lowest BCUT2D eigenvalue weighted by atomic mass is 10.1. The van der Waals surface area contributed by atoms with Gasteiger partial charge in [-0.05, 0) is 42.2 Å². The summed E-state index contributed by atoms with van der Waals surface area (Å²) < 4.78 is 4.54. The van der Waals surface area contributed by atoms with Crippen LogP contribution >= 0.6 is 0 Å². The van der Waals surface area contributed by atoms with Crippen LogP contribution in [0.15, 0.2) is 54.7 Å². The smallest absolute Gasteiger partial charge is 0.411 e. The first kappa shape index (κ1) is 18.5. The average Bonchev–Trinajstić information content (AvgIpc) is 3.10. The van der Waals surface area contributed by atoms with Crippen molar-refractivity contribution in [3.05, 3.63) is 65.9 Å². The second-order valence-corrected chi connectivity index (χ2v) is 6.30. The number of hydrogen-bond donors (Lipinski definition) is 3. The summed E-state index contributed by atoms with van der Waals surface area (Å²) in [6, 6.07) is 15.4. The third-order valence-electron chi connectivity index (χ3n) is 4.40. The molecule has 3 N–H and O–H groups in total. The van der Waals surface area contributed by atoms with Crippen LogP contribution in [0.2, 0.25) is 0 Å². The molecule has 0 spiro atoms.